The Balaban J connectivity index is 1.79. The fourth-order valence-corrected chi connectivity index (χ4v) is 5.34. The lowest BCUT2D eigenvalue weighted by atomic mass is 10.0. The van der Waals surface area contributed by atoms with Gasteiger partial charge in [0.25, 0.3) is 5.91 Å². The van der Waals surface area contributed by atoms with Gasteiger partial charge in [-0.15, -0.1) is 0 Å². The van der Waals surface area contributed by atoms with Crippen LogP contribution in [0.1, 0.15) is 25.7 Å². The third kappa shape index (κ3) is 3.18. The number of primary amides is 1. The molecule has 8 heteroatoms. The van der Waals surface area contributed by atoms with Crippen LogP contribution in [-0.2, 0) is 14.8 Å². The normalized spacial score (nSPS) is 27.8. The molecule has 126 valence electrons. The molecule has 2 aliphatic heterocycles. The first kappa shape index (κ1) is 16.2. The van der Waals surface area contributed by atoms with Gasteiger partial charge in [0.05, 0.1) is 4.90 Å². The first-order valence-corrected chi connectivity index (χ1v) is 9.00. The molecule has 23 heavy (non-hydrogen) atoms. The van der Waals surface area contributed by atoms with Gasteiger partial charge in [0.1, 0.15) is 11.9 Å². The number of carbonyl (C=O) groups excluding carboxylic acids is 1. The topological polar surface area (TPSA) is 89.7 Å². The average molecular weight is 342 g/mol. The van der Waals surface area contributed by atoms with Gasteiger partial charge in [-0.2, -0.15) is 4.31 Å². The lowest BCUT2D eigenvalue weighted by Gasteiger charge is -2.35. The molecule has 2 heterocycles. The quantitative estimate of drug-likeness (QED) is 0.871. The van der Waals surface area contributed by atoms with Crippen molar-refractivity contribution in [1.29, 1.82) is 0 Å². The van der Waals surface area contributed by atoms with E-state index in [-0.39, 0.29) is 36.4 Å². The summed E-state index contributed by atoms with van der Waals surface area (Å²) in [4.78, 5) is 10.8. The zero-order valence-electron chi connectivity index (χ0n) is 12.5. The Morgan fingerprint density at radius 1 is 1.22 bits per heavy atom. The van der Waals surface area contributed by atoms with Crippen LogP contribution in [0, 0.1) is 0 Å². The molecule has 6 nitrogen and oxygen atoms in total. The number of amides is 1. The standard InChI is InChI=1S/C15H19FN2O4S/c16-10-7-11-1-2-12(8-10)18(11)23(20,21)14-5-3-13(4-6-14)22-9-15(17)19/h3-6,10-12H,1-2,7-9H2,(H2,17,19). The molecule has 2 saturated heterocycles. The van der Waals surface area contributed by atoms with Crippen molar-refractivity contribution in [2.24, 2.45) is 5.73 Å². The highest BCUT2D eigenvalue weighted by molar-refractivity contribution is 7.89. The lowest BCUT2D eigenvalue weighted by Crippen LogP contribution is -2.46. The van der Waals surface area contributed by atoms with E-state index < -0.39 is 22.1 Å². The molecule has 2 aliphatic rings. The van der Waals surface area contributed by atoms with Crippen molar-refractivity contribution in [3.8, 4) is 5.75 Å². The van der Waals surface area contributed by atoms with Crippen molar-refractivity contribution in [2.45, 2.75) is 48.8 Å². The van der Waals surface area contributed by atoms with Crippen LogP contribution in [0.4, 0.5) is 4.39 Å². The SMILES string of the molecule is NC(=O)COc1ccc(S(=O)(=O)N2C3CCC2CC(F)C3)cc1. The fraction of sp³-hybridized carbons (Fsp3) is 0.533. The van der Waals surface area contributed by atoms with E-state index in [0.29, 0.717) is 18.6 Å². The Hall–Kier alpha value is -1.67. The van der Waals surface area contributed by atoms with E-state index in [2.05, 4.69) is 0 Å². The summed E-state index contributed by atoms with van der Waals surface area (Å²) in [5, 5.41) is 0. The number of halogens is 1. The molecule has 3 rings (SSSR count). The molecule has 2 N–H and O–H groups in total. The fourth-order valence-electron chi connectivity index (χ4n) is 3.44. The minimum Gasteiger partial charge on any atom is -0.484 e. The van der Waals surface area contributed by atoms with Crippen LogP contribution >= 0.6 is 0 Å². The molecule has 2 fully saturated rings. The molecular weight excluding hydrogens is 323 g/mol. The van der Waals surface area contributed by atoms with E-state index in [1.54, 1.807) is 0 Å². The number of sulfonamides is 1. The van der Waals surface area contributed by atoms with Gasteiger partial charge in [0.15, 0.2) is 6.61 Å². The predicted molar refractivity (Wildman–Crippen MR) is 81.1 cm³/mol. The van der Waals surface area contributed by atoms with E-state index in [4.69, 9.17) is 10.5 Å². The van der Waals surface area contributed by atoms with Crippen molar-refractivity contribution in [3.05, 3.63) is 24.3 Å². The van der Waals surface area contributed by atoms with Crippen LogP contribution in [0.25, 0.3) is 0 Å². The molecule has 2 atom stereocenters. The first-order chi connectivity index (χ1) is 10.9. The highest BCUT2D eigenvalue weighted by atomic mass is 32.2. The summed E-state index contributed by atoms with van der Waals surface area (Å²) in [5.41, 5.74) is 4.99. The second-order valence-corrected chi connectivity index (χ2v) is 7.86. The van der Waals surface area contributed by atoms with Gasteiger partial charge in [-0.25, -0.2) is 12.8 Å². The lowest BCUT2D eigenvalue weighted by molar-refractivity contribution is -0.119. The smallest absolute Gasteiger partial charge is 0.255 e. The second-order valence-electron chi connectivity index (χ2n) is 6.02. The van der Waals surface area contributed by atoms with Crippen LogP contribution in [0.5, 0.6) is 5.75 Å². The number of ether oxygens (including phenoxy) is 1. The minimum atomic E-state index is -3.65. The number of nitrogens with two attached hydrogens (primary N) is 1. The summed E-state index contributed by atoms with van der Waals surface area (Å²) in [6.07, 6.45) is 1.06. The van der Waals surface area contributed by atoms with Gasteiger partial charge in [0, 0.05) is 12.1 Å². The number of rotatable bonds is 5. The number of hydrogen-bond acceptors (Lipinski definition) is 4. The van der Waals surface area contributed by atoms with Crippen LogP contribution in [0.2, 0.25) is 0 Å². The van der Waals surface area contributed by atoms with Crippen LogP contribution in [0.3, 0.4) is 0 Å². The van der Waals surface area contributed by atoms with Crippen molar-refractivity contribution in [1.82, 2.24) is 4.31 Å². The average Bonchev–Trinajstić information content (AvgIpc) is 2.79. The third-order valence-corrected chi connectivity index (χ3v) is 6.41. The van der Waals surface area contributed by atoms with Gasteiger partial charge < -0.3 is 10.5 Å². The van der Waals surface area contributed by atoms with Gasteiger partial charge in [-0.05, 0) is 49.9 Å². The van der Waals surface area contributed by atoms with Crippen LogP contribution in [0.15, 0.2) is 29.2 Å². The van der Waals surface area contributed by atoms with Gasteiger partial charge in [-0.1, -0.05) is 0 Å². The molecular formula is C15H19FN2O4S. The molecule has 2 unspecified atom stereocenters. The summed E-state index contributed by atoms with van der Waals surface area (Å²) in [6, 6.07) is 5.34. The van der Waals surface area contributed by atoms with Crippen LogP contribution in [-0.4, -0.2) is 43.5 Å². The maximum absolute atomic E-state index is 13.6. The summed E-state index contributed by atoms with van der Waals surface area (Å²) < 4.78 is 45.8. The Bertz CT molecular complexity index is 678. The molecule has 2 bridgehead atoms. The van der Waals surface area contributed by atoms with Crippen molar-refractivity contribution >= 4 is 15.9 Å². The summed E-state index contributed by atoms with van der Waals surface area (Å²) in [5.74, 6) is -0.236. The molecule has 0 radical (unpaired) electrons. The number of nitrogens with zero attached hydrogens (tertiary/aromatic N) is 1. The molecule has 0 aliphatic carbocycles. The summed E-state index contributed by atoms with van der Waals surface area (Å²) >= 11 is 0. The van der Waals surface area contributed by atoms with E-state index >= 15 is 0 Å². The number of hydrogen-bond donors (Lipinski definition) is 1. The Labute approximate surface area is 134 Å². The van der Waals surface area contributed by atoms with Gasteiger partial charge in [0.2, 0.25) is 10.0 Å². The molecule has 0 spiro atoms. The predicted octanol–water partition coefficient (Wildman–Crippen LogP) is 1.20. The Morgan fingerprint density at radius 2 is 1.78 bits per heavy atom. The number of fused-ring (bicyclic) bond motifs is 2. The van der Waals surface area contributed by atoms with E-state index in [1.807, 2.05) is 0 Å². The number of benzene rings is 1. The number of alkyl halides is 1. The van der Waals surface area contributed by atoms with Crippen molar-refractivity contribution in [3.63, 3.8) is 0 Å². The highest BCUT2D eigenvalue weighted by Gasteiger charge is 2.47. The molecule has 0 aromatic heterocycles. The summed E-state index contributed by atoms with van der Waals surface area (Å²) in [6.45, 7) is -0.264. The molecule has 1 aromatic carbocycles. The second kappa shape index (κ2) is 6.09. The van der Waals surface area contributed by atoms with E-state index in [9.17, 15) is 17.6 Å². The monoisotopic (exact) mass is 342 g/mol. The maximum Gasteiger partial charge on any atom is 0.255 e. The molecule has 0 saturated carbocycles. The van der Waals surface area contributed by atoms with Crippen molar-refractivity contribution < 1.29 is 22.3 Å². The zero-order valence-corrected chi connectivity index (χ0v) is 13.3. The van der Waals surface area contributed by atoms with Crippen molar-refractivity contribution in [2.75, 3.05) is 6.61 Å². The van der Waals surface area contributed by atoms with E-state index in [1.165, 1.54) is 28.6 Å². The van der Waals surface area contributed by atoms with Crippen LogP contribution < -0.4 is 10.5 Å². The number of piperidine rings is 1. The Kier molecular flexibility index (Phi) is 4.29. The zero-order chi connectivity index (χ0) is 16.6. The van der Waals surface area contributed by atoms with Gasteiger partial charge >= 0.3 is 0 Å². The maximum atomic E-state index is 13.6. The van der Waals surface area contributed by atoms with Gasteiger partial charge in [-0.3, -0.25) is 4.79 Å². The Morgan fingerprint density at radius 3 is 2.30 bits per heavy atom. The molecule has 1 amide bonds. The molecule has 1 aromatic rings. The first-order valence-electron chi connectivity index (χ1n) is 7.56. The largest absolute Gasteiger partial charge is 0.484 e. The third-order valence-electron chi connectivity index (χ3n) is 4.39. The summed E-state index contributed by atoms with van der Waals surface area (Å²) in [7, 11) is -3.65. The number of carbonyl (C=O) groups is 1. The van der Waals surface area contributed by atoms with E-state index in [0.717, 1.165) is 0 Å². The minimum absolute atomic E-state index is 0.151. The highest BCUT2D eigenvalue weighted by Crippen LogP contribution is 2.40.